The largest absolute Gasteiger partial charge is 0.381 e. The first-order valence-corrected chi connectivity index (χ1v) is 5.36. The molecule has 0 unspecified atom stereocenters. The summed E-state index contributed by atoms with van der Waals surface area (Å²) in [4.78, 5) is 0. The number of nitrogens with zero attached hydrogens (tertiary/aromatic N) is 2. The average molecular weight is 216 g/mol. The lowest BCUT2D eigenvalue weighted by molar-refractivity contribution is 0.873. The van der Waals surface area contributed by atoms with Gasteiger partial charge in [-0.15, -0.1) is 0 Å². The van der Waals surface area contributed by atoms with Crippen LogP contribution in [0.3, 0.4) is 0 Å². The Morgan fingerprint density at radius 3 is 2.94 bits per heavy atom. The van der Waals surface area contributed by atoms with E-state index in [9.17, 15) is 0 Å². The average Bonchev–Trinajstić information content (AvgIpc) is 2.75. The van der Waals surface area contributed by atoms with Crippen LogP contribution >= 0.6 is 0 Å². The Morgan fingerprint density at radius 1 is 1.38 bits per heavy atom. The van der Waals surface area contributed by atoms with Gasteiger partial charge in [-0.25, -0.2) is 4.68 Å². The maximum absolute atomic E-state index is 5.43. The lowest BCUT2D eigenvalue weighted by Gasteiger charge is -2.04. The number of hydrogen-bond donors (Lipinski definition) is 2. The van der Waals surface area contributed by atoms with Crippen LogP contribution < -0.4 is 11.1 Å². The summed E-state index contributed by atoms with van der Waals surface area (Å²) in [5, 5.41) is 7.51. The molecule has 0 saturated heterocycles. The summed E-state index contributed by atoms with van der Waals surface area (Å²) < 4.78 is 1.87. The molecule has 0 aliphatic heterocycles. The van der Waals surface area contributed by atoms with Crippen molar-refractivity contribution in [3.8, 4) is 5.69 Å². The predicted molar refractivity (Wildman–Crippen MR) is 65.8 cm³/mol. The zero-order valence-electron chi connectivity index (χ0n) is 9.35. The first-order chi connectivity index (χ1) is 7.81. The second-order valence-electron chi connectivity index (χ2n) is 3.68. The van der Waals surface area contributed by atoms with Gasteiger partial charge in [-0.05, 0) is 18.6 Å². The maximum Gasteiger partial charge on any atom is 0.0731 e. The zero-order valence-corrected chi connectivity index (χ0v) is 9.35. The maximum atomic E-state index is 5.43. The highest BCUT2D eigenvalue weighted by Gasteiger charge is 2.02. The summed E-state index contributed by atoms with van der Waals surface area (Å²) >= 11 is 0. The zero-order chi connectivity index (χ0) is 11.4. The highest BCUT2D eigenvalue weighted by molar-refractivity contribution is 5.45. The number of nitrogens with two attached hydrogens (primary N) is 1. The summed E-state index contributed by atoms with van der Waals surface area (Å²) in [5.74, 6) is 0. The molecule has 1 aromatic heterocycles. The number of benzene rings is 1. The van der Waals surface area contributed by atoms with Gasteiger partial charge < -0.3 is 11.1 Å². The third kappa shape index (κ3) is 2.23. The minimum Gasteiger partial charge on any atom is -0.381 e. The fourth-order valence-electron chi connectivity index (χ4n) is 1.58. The number of aromatic nitrogens is 2. The third-order valence-corrected chi connectivity index (χ3v) is 2.42. The number of nitrogens with one attached hydrogen (secondary N) is 1. The van der Waals surface area contributed by atoms with Crippen LogP contribution in [0.15, 0.2) is 36.7 Å². The Morgan fingerprint density at radius 2 is 2.19 bits per heavy atom. The Kier molecular flexibility index (Phi) is 3.22. The normalized spacial score (nSPS) is 10.4. The number of hydrogen-bond acceptors (Lipinski definition) is 3. The van der Waals surface area contributed by atoms with E-state index in [2.05, 4.69) is 29.5 Å². The highest BCUT2D eigenvalue weighted by atomic mass is 15.3. The van der Waals surface area contributed by atoms with Gasteiger partial charge in [0.15, 0.2) is 0 Å². The molecule has 1 heterocycles. The minimum absolute atomic E-state index is 0.621. The van der Waals surface area contributed by atoms with E-state index in [-0.39, 0.29) is 0 Å². The monoisotopic (exact) mass is 216 g/mol. The van der Waals surface area contributed by atoms with Crippen LogP contribution in [0.25, 0.3) is 5.69 Å². The first-order valence-electron chi connectivity index (χ1n) is 5.36. The third-order valence-electron chi connectivity index (χ3n) is 2.42. The molecule has 0 aliphatic rings. The molecule has 16 heavy (non-hydrogen) atoms. The van der Waals surface area contributed by atoms with E-state index < -0.39 is 0 Å². The summed E-state index contributed by atoms with van der Waals surface area (Å²) in [6, 6.07) is 8.16. The first kappa shape index (κ1) is 10.7. The van der Waals surface area contributed by atoms with Gasteiger partial charge in [0.25, 0.3) is 0 Å². The second kappa shape index (κ2) is 4.81. The van der Waals surface area contributed by atoms with Crippen molar-refractivity contribution in [3.05, 3.63) is 42.2 Å². The molecule has 2 rings (SSSR count). The van der Waals surface area contributed by atoms with Gasteiger partial charge in [0.1, 0.15) is 0 Å². The van der Waals surface area contributed by atoms with E-state index in [0.29, 0.717) is 6.54 Å². The van der Waals surface area contributed by atoms with Gasteiger partial charge in [-0.3, -0.25) is 0 Å². The van der Waals surface area contributed by atoms with Gasteiger partial charge in [0.05, 0.1) is 23.8 Å². The molecule has 84 valence electrons. The van der Waals surface area contributed by atoms with Crippen LogP contribution in [0.4, 0.5) is 5.69 Å². The van der Waals surface area contributed by atoms with Gasteiger partial charge >= 0.3 is 0 Å². The lowest BCUT2D eigenvalue weighted by Crippen LogP contribution is -2.12. The van der Waals surface area contributed by atoms with E-state index in [0.717, 1.165) is 17.9 Å². The Balaban J connectivity index is 2.22. The summed E-state index contributed by atoms with van der Waals surface area (Å²) in [6.07, 6.45) is 3.78. The lowest BCUT2D eigenvalue weighted by atomic mass is 10.2. The van der Waals surface area contributed by atoms with Crippen LogP contribution in [-0.2, 0) is 0 Å². The molecule has 0 atom stereocenters. The van der Waals surface area contributed by atoms with Crippen molar-refractivity contribution in [2.45, 2.75) is 6.92 Å². The van der Waals surface area contributed by atoms with Gasteiger partial charge in [0, 0.05) is 13.1 Å². The van der Waals surface area contributed by atoms with Crippen LogP contribution in [0.2, 0.25) is 0 Å². The van der Waals surface area contributed by atoms with Gasteiger partial charge in [-0.2, -0.15) is 5.10 Å². The molecule has 2 aromatic rings. The minimum atomic E-state index is 0.621. The van der Waals surface area contributed by atoms with Crippen LogP contribution in [-0.4, -0.2) is 22.9 Å². The van der Waals surface area contributed by atoms with Crippen molar-refractivity contribution in [2.24, 2.45) is 5.73 Å². The Bertz CT molecular complexity index is 462. The Hall–Kier alpha value is -1.81. The van der Waals surface area contributed by atoms with E-state index in [4.69, 9.17) is 5.73 Å². The van der Waals surface area contributed by atoms with Crippen molar-refractivity contribution in [2.75, 3.05) is 18.4 Å². The quantitative estimate of drug-likeness (QED) is 0.815. The van der Waals surface area contributed by atoms with E-state index in [1.807, 2.05) is 29.2 Å². The van der Waals surface area contributed by atoms with Gasteiger partial charge in [-0.1, -0.05) is 18.2 Å². The molecule has 4 nitrogen and oxygen atoms in total. The van der Waals surface area contributed by atoms with Gasteiger partial charge in [0.2, 0.25) is 0 Å². The van der Waals surface area contributed by atoms with Crippen LogP contribution in [0.1, 0.15) is 5.56 Å². The SMILES string of the molecule is Cc1ccccc1-n1cc(NCCN)cn1. The summed E-state index contributed by atoms with van der Waals surface area (Å²) in [7, 11) is 0. The fraction of sp³-hybridized carbons (Fsp3) is 0.250. The number of anilines is 1. The topological polar surface area (TPSA) is 55.9 Å². The standard InChI is InChI=1S/C12H16N4/c1-10-4-2-3-5-12(10)16-9-11(8-15-16)14-7-6-13/h2-5,8-9,14H,6-7,13H2,1H3. The van der Waals surface area contributed by atoms with Crippen molar-refractivity contribution >= 4 is 5.69 Å². The van der Waals surface area contributed by atoms with E-state index in [1.165, 1.54) is 5.56 Å². The fourth-order valence-corrected chi connectivity index (χ4v) is 1.58. The molecule has 1 aromatic carbocycles. The van der Waals surface area contributed by atoms with Crippen molar-refractivity contribution in [1.29, 1.82) is 0 Å². The Labute approximate surface area is 95.1 Å². The molecule has 0 amide bonds. The summed E-state index contributed by atoms with van der Waals surface area (Å²) in [5.41, 5.74) is 8.73. The number of para-hydroxylation sites is 1. The second-order valence-corrected chi connectivity index (χ2v) is 3.68. The number of rotatable bonds is 4. The molecule has 0 fully saturated rings. The molecule has 0 spiro atoms. The number of aryl methyl sites for hydroxylation is 1. The molecule has 0 bridgehead atoms. The predicted octanol–water partition coefficient (Wildman–Crippen LogP) is 1.55. The molecular formula is C12H16N4. The highest BCUT2D eigenvalue weighted by Crippen LogP contribution is 2.14. The molecule has 0 saturated carbocycles. The van der Waals surface area contributed by atoms with Crippen LogP contribution in [0, 0.1) is 6.92 Å². The summed E-state index contributed by atoms with van der Waals surface area (Å²) in [6.45, 7) is 3.46. The smallest absolute Gasteiger partial charge is 0.0731 e. The van der Waals surface area contributed by atoms with Crippen LogP contribution in [0.5, 0.6) is 0 Å². The van der Waals surface area contributed by atoms with E-state index in [1.54, 1.807) is 0 Å². The van der Waals surface area contributed by atoms with Crippen molar-refractivity contribution in [1.82, 2.24) is 9.78 Å². The van der Waals surface area contributed by atoms with Crippen molar-refractivity contribution < 1.29 is 0 Å². The van der Waals surface area contributed by atoms with E-state index >= 15 is 0 Å². The molecule has 0 radical (unpaired) electrons. The molecule has 0 aliphatic carbocycles. The molecule has 3 N–H and O–H groups in total. The molecule has 4 heteroatoms. The molecular weight excluding hydrogens is 200 g/mol. The van der Waals surface area contributed by atoms with Crippen molar-refractivity contribution in [3.63, 3.8) is 0 Å².